The van der Waals surface area contributed by atoms with Crippen molar-refractivity contribution in [3.63, 3.8) is 0 Å². The van der Waals surface area contributed by atoms with E-state index in [-0.39, 0.29) is 17.8 Å². The smallest absolute Gasteiger partial charge is 0.333 e. The van der Waals surface area contributed by atoms with Crippen LogP contribution in [0.1, 0.15) is 13.8 Å². The lowest BCUT2D eigenvalue weighted by Crippen LogP contribution is -2.41. The minimum absolute atomic E-state index is 0.151. The Balaban J connectivity index is 1.81. The molecule has 0 bridgehead atoms. The molecular formula is C26H25N5O5. The Morgan fingerprint density at radius 3 is 2.36 bits per heavy atom. The van der Waals surface area contributed by atoms with Gasteiger partial charge in [-0.3, -0.25) is 23.1 Å². The number of ether oxygens (including phenoxy) is 2. The fourth-order valence-electron chi connectivity index (χ4n) is 4.30. The predicted octanol–water partition coefficient (Wildman–Crippen LogP) is 2.77. The standard InChI is InChI=1S/C26H25N5O5/c1-4-35-19-13-11-18(12-14-19)31-20(17-9-7-6-8-10-17)15-29-22-23(27-25(29)31)28(3)26(34)30(24(22)33)16-21(32)36-5-2/h6-15H,4-5,16H2,1-3H3. The van der Waals surface area contributed by atoms with E-state index in [0.717, 1.165) is 27.3 Å². The zero-order valence-corrected chi connectivity index (χ0v) is 20.2. The van der Waals surface area contributed by atoms with Gasteiger partial charge in [0.15, 0.2) is 11.2 Å². The van der Waals surface area contributed by atoms with Gasteiger partial charge in [0.05, 0.1) is 18.9 Å². The lowest BCUT2D eigenvalue weighted by Gasteiger charge is -2.10. The number of esters is 1. The monoisotopic (exact) mass is 487 g/mol. The van der Waals surface area contributed by atoms with Gasteiger partial charge in [-0.05, 0) is 38.1 Å². The molecule has 5 rings (SSSR count). The zero-order chi connectivity index (χ0) is 25.4. The largest absolute Gasteiger partial charge is 0.494 e. The quantitative estimate of drug-likeness (QED) is 0.327. The number of aromatic nitrogens is 5. The van der Waals surface area contributed by atoms with Crippen molar-refractivity contribution < 1.29 is 14.3 Å². The van der Waals surface area contributed by atoms with Gasteiger partial charge in [-0.15, -0.1) is 0 Å². The molecule has 0 unspecified atom stereocenters. The van der Waals surface area contributed by atoms with Crippen LogP contribution in [0.3, 0.4) is 0 Å². The highest BCUT2D eigenvalue weighted by molar-refractivity contribution is 5.80. The van der Waals surface area contributed by atoms with Crippen molar-refractivity contribution in [1.82, 2.24) is 23.1 Å². The van der Waals surface area contributed by atoms with E-state index in [1.54, 1.807) is 11.3 Å². The van der Waals surface area contributed by atoms with Crippen molar-refractivity contribution in [2.45, 2.75) is 20.4 Å². The molecule has 0 spiro atoms. The third kappa shape index (κ3) is 3.76. The van der Waals surface area contributed by atoms with Gasteiger partial charge in [-0.2, -0.15) is 4.98 Å². The van der Waals surface area contributed by atoms with Gasteiger partial charge in [0.25, 0.3) is 5.56 Å². The molecule has 0 radical (unpaired) electrons. The van der Waals surface area contributed by atoms with Gasteiger partial charge in [-0.25, -0.2) is 9.36 Å². The first-order chi connectivity index (χ1) is 17.4. The summed E-state index contributed by atoms with van der Waals surface area (Å²) in [7, 11) is 1.53. The maximum Gasteiger partial charge on any atom is 0.333 e. The molecule has 0 aliphatic heterocycles. The van der Waals surface area contributed by atoms with Gasteiger partial charge in [0, 0.05) is 24.5 Å². The summed E-state index contributed by atoms with van der Waals surface area (Å²) in [5.41, 5.74) is 1.68. The molecule has 0 saturated carbocycles. The van der Waals surface area contributed by atoms with Crippen molar-refractivity contribution in [2.24, 2.45) is 7.05 Å². The molecule has 10 nitrogen and oxygen atoms in total. The molecule has 5 aromatic rings. The predicted molar refractivity (Wildman–Crippen MR) is 135 cm³/mol. The molecule has 0 aliphatic carbocycles. The van der Waals surface area contributed by atoms with Crippen LogP contribution in [-0.4, -0.2) is 42.3 Å². The molecule has 0 fully saturated rings. The van der Waals surface area contributed by atoms with Crippen LogP contribution in [0.4, 0.5) is 0 Å². The van der Waals surface area contributed by atoms with Crippen LogP contribution in [0.2, 0.25) is 0 Å². The summed E-state index contributed by atoms with van der Waals surface area (Å²) >= 11 is 0. The van der Waals surface area contributed by atoms with Crippen molar-refractivity contribution >= 4 is 22.9 Å². The summed E-state index contributed by atoms with van der Waals surface area (Å²) in [6.07, 6.45) is 1.82. The molecule has 0 saturated heterocycles. The molecule has 3 heterocycles. The fraction of sp³-hybridized carbons (Fsp3) is 0.231. The number of aryl methyl sites for hydroxylation is 1. The zero-order valence-electron chi connectivity index (χ0n) is 20.2. The van der Waals surface area contributed by atoms with Crippen LogP contribution in [0.25, 0.3) is 33.9 Å². The Morgan fingerprint density at radius 1 is 0.972 bits per heavy atom. The van der Waals surface area contributed by atoms with Gasteiger partial charge in [0.2, 0.25) is 5.78 Å². The van der Waals surface area contributed by atoms with E-state index in [1.165, 1.54) is 11.6 Å². The van der Waals surface area contributed by atoms with E-state index in [1.807, 2.05) is 72.3 Å². The maximum atomic E-state index is 13.5. The van der Waals surface area contributed by atoms with E-state index < -0.39 is 23.8 Å². The summed E-state index contributed by atoms with van der Waals surface area (Å²) in [4.78, 5) is 43.2. The van der Waals surface area contributed by atoms with Crippen LogP contribution in [0, 0.1) is 0 Å². The van der Waals surface area contributed by atoms with Gasteiger partial charge in [0.1, 0.15) is 12.3 Å². The Kier molecular flexibility index (Phi) is 5.93. The summed E-state index contributed by atoms with van der Waals surface area (Å²) < 4.78 is 16.3. The molecule has 0 aliphatic rings. The first-order valence-corrected chi connectivity index (χ1v) is 11.6. The average molecular weight is 488 g/mol. The lowest BCUT2D eigenvalue weighted by atomic mass is 10.1. The summed E-state index contributed by atoms with van der Waals surface area (Å²) in [5.74, 6) is 0.533. The minimum atomic E-state index is -0.659. The van der Waals surface area contributed by atoms with Crippen molar-refractivity contribution in [3.8, 4) is 22.7 Å². The van der Waals surface area contributed by atoms with Crippen molar-refractivity contribution in [2.75, 3.05) is 13.2 Å². The minimum Gasteiger partial charge on any atom is -0.494 e. The Hall–Kier alpha value is -4.60. The topological polar surface area (TPSA) is 102 Å². The maximum absolute atomic E-state index is 13.5. The Bertz CT molecular complexity index is 1690. The van der Waals surface area contributed by atoms with Crippen LogP contribution in [-0.2, 0) is 23.1 Å². The summed E-state index contributed by atoms with van der Waals surface area (Å²) in [6, 6.07) is 17.3. The SMILES string of the molecule is CCOC(=O)Cn1c(=O)c2c(nc3n(-c4ccc(OCC)cc4)c(-c4ccccc4)cn23)n(C)c1=O. The lowest BCUT2D eigenvalue weighted by molar-refractivity contribution is -0.143. The molecule has 36 heavy (non-hydrogen) atoms. The molecule has 2 aromatic carbocycles. The van der Waals surface area contributed by atoms with E-state index >= 15 is 0 Å². The molecule has 3 aromatic heterocycles. The number of rotatable bonds is 7. The van der Waals surface area contributed by atoms with E-state index in [0.29, 0.717) is 12.4 Å². The number of benzene rings is 2. The molecule has 0 atom stereocenters. The third-order valence-corrected chi connectivity index (χ3v) is 5.92. The average Bonchev–Trinajstić information content (AvgIpc) is 3.43. The highest BCUT2D eigenvalue weighted by Crippen LogP contribution is 2.29. The Labute approximate surface area is 205 Å². The fourth-order valence-corrected chi connectivity index (χ4v) is 4.30. The normalized spacial score (nSPS) is 11.3. The first kappa shape index (κ1) is 23.2. The van der Waals surface area contributed by atoms with Crippen LogP contribution >= 0.6 is 0 Å². The van der Waals surface area contributed by atoms with Crippen LogP contribution in [0.5, 0.6) is 5.75 Å². The molecular weight excluding hydrogens is 462 g/mol. The second-order valence-corrected chi connectivity index (χ2v) is 8.13. The van der Waals surface area contributed by atoms with E-state index in [4.69, 9.17) is 14.5 Å². The first-order valence-electron chi connectivity index (χ1n) is 11.6. The number of carbonyl (C=O) groups is 1. The molecule has 10 heteroatoms. The number of carbonyl (C=O) groups excluding carboxylic acids is 1. The molecule has 0 amide bonds. The second kappa shape index (κ2) is 9.21. The van der Waals surface area contributed by atoms with Gasteiger partial charge >= 0.3 is 11.7 Å². The van der Waals surface area contributed by atoms with E-state index in [9.17, 15) is 14.4 Å². The number of imidazole rings is 2. The Morgan fingerprint density at radius 2 is 1.69 bits per heavy atom. The number of fused-ring (bicyclic) bond motifs is 3. The third-order valence-electron chi connectivity index (χ3n) is 5.92. The molecule has 184 valence electrons. The van der Waals surface area contributed by atoms with Gasteiger partial charge in [-0.1, -0.05) is 30.3 Å². The second-order valence-electron chi connectivity index (χ2n) is 8.13. The van der Waals surface area contributed by atoms with E-state index in [2.05, 4.69) is 0 Å². The van der Waals surface area contributed by atoms with Crippen LogP contribution in [0.15, 0.2) is 70.4 Å². The summed E-state index contributed by atoms with van der Waals surface area (Å²) in [6.45, 7) is 3.81. The highest BCUT2D eigenvalue weighted by Gasteiger charge is 2.23. The number of hydrogen-bond acceptors (Lipinski definition) is 6. The summed E-state index contributed by atoms with van der Waals surface area (Å²) in [5, 5.41) is 0. The van der Waals surface area contributed by atoms with Crippen LogP contribution < -0.4 is 16.0 Å². The van der Waals surface area contributed by atoms with Gasteiger partial charge < -0.3 is 9.47 Å². The van der Waals surface area contributed by atoms with Crippen molar-refractivity contribution in [1.29, 1.82) is 0 Å². The number of hydrogen-bond donors (Lipinski definition) is 0. The highest BCUT2D eigenvalue weighted by atomic mass is 16.5. The number of nitrogens with zero attached hydrogens (tertiary/aromatic N) is 5. The molecule has 0 N–H and O–H groups in total. The van der Waals surface area contributed by atoms with Crippen molar-refractivity contribution in [3.05, 3.63) is 81.6 Å².